The number of nitrogens with one attached hydrogen (secondary N) is 1. The molecule has 2 atom stereocenters. The van der Waals surface area contributed by atoms with Gasteiger partial charge in [0, 0.05) is 12.5 Å². The Hall–Kier alpha value is -0.280. The van der Waals surface area contributed by atoms with Gasteiger partial charge in [-0.1, -0.05) is 26.7 Å². The van der Waals surface area contributed by atoms with E-state index in [1.54, 1.807) is 0 Å². The number of halogens is 1. The second-order valence-corrected chi connectivity index (χ2v) is 5.95. The molecule has 3 N–H and O–H groups in total. The zero-order chi connectivity index (χ0) is 11.8. The molecule has 100 valence electrons. The van der Waals surface area contributed by atoms with Gasteiger partial charge < -0.3 is 11.1 Å². The van der Waals surface area contributed by atoms with Crippen molar-refractivity contribution in [3.8, 4) is 0 Å². The van der Waals surface area contributed by atoms with Gasteiger partial charge in [-0.2, -0.15) is 0 Å². The van der Waals surface area contributed by atoms with Crippen molar-refractivity contribution < 1.29 is 4.79 Å². The Morgan fingerprint density at radius 2 is 2.00 bits per heavy atom. The van der Waals surface area contributed by atoms with Gasteiger partial charge in [-0.05, 0) is 31.1 Å². The first-order valence-electron chi connectivity index (χ1n) is 6.57. The van der Waals surface area contributed by atoms with Crippen LogP contribution in [0.4, 0.5) is 0 Å². The maximum atomic E-state index is 12.1. The summed E-state index contributed by atoms with van der Waals surface area (Å²) in [6.45, 7) is 4.97. The molecular formula is C13H25ClN2O. The smallest absolute Gasteiger partial charge is 0.224 e. The average molecular weight is 261 g/mol. The summed E-state index contributed by atoms with van der Waals surface area (Å²) in [6.07, 6.45) is 6.67. The third kappa shape index (κ3) is 2.76. The quantitative estimate of drug-likeness (QED) is 0.815. The first-order valence-corrected chi connectivity index (χ1v) is 6.57. The van der Waals surface area contributed by atoms with Gasteiger partial charge in [-0.15, -0.1) is 12.4 Å². The van der Waals surface area contributed by atoms with Crippen LogP contribution in [0.15, 0.2) is 0 Å². The summed E-state index contributed by atoms with van der Waals surface area (Å²) in [6, 6.07) is 0. The molecule has 0 spiro atoms. The van der Waals surface area contributed by atoms with Gasteiger partial charge in [0.15, 0.2) is 0 Å². The van der Waals surface area contributed by atoms with Gasteiger partial charge in [0.25, 0.3) is 0 Å². The summed E-state index contributed by atoms with van der Waals surface area (Å²) in [5, 5.41) is 3.23. The highest BCUT2D eigenvalue weighted by Gasteiger charge is 2.54. The summed E-state index contributed by atoms with van der Waals surface area (Å²) in [5.41, 5.74) is 6.01. The zero-order valence-electron chi connectivity index (χ0n) is 10.9. The van der Waals surface area contributed by atoms with Crippen molar-refractivity contribution >= 4 is 18.3 Å². The Kier molecular flexibility index (Phi) is 4.48. The summed E-state index contributed by atoms with van der Waals surface area (Å²) >= 11 is 0. The van der Waals surface area contributed by atoms with Crippen LogP contribution in [0.2, 0.25) is 0 Å². The standard InChI is InChI=1S/C13H24N2O.ClH/c1-3-12(2)8-10(12)11(16)15-13(9-14)6-4-5-7-13;/h10H,3-9,14H2,1-2H3,(H,15,16);1H. The number of hydrogen-bond donors (Lipinski definition) is 2. The van der Waals surface area contributed by atoms with E-state index in [2.05, 4.69) is 19.2 Å². The second-order valence-electron chi connectivity index (χ2n) is 5.95. The van der Waals surface area contributed by atoms with Crippen LogP contribution < -0.4 is 11.1 Å². The molecule has 2 aliphatic rings. The molecule has 2 aliphatic carbocycles. The van der Waals surface area contributed by atoms with Crippen LogP contribution in [-0.4, -0.2) is 18.0 Å². The van der Waals surface area contributed by atoms with E-state index in [9.17, 15) is 4.79 Å². The molecule has 0 saturated heterocycles. The first kappa shape index (κ1) is 14.8. The molecule has 3 nitrogen and oxygen atoms in total. The number of carbonyl (C=O) groups excluding carboxylic acids is 1. The third-order valence-corrected chi connectivity index (χ3v) is 4.82. The lowest BCUT2D eigenvalue weighted by molar-refractivity contribution is -0.124. The predicted molar refractivity (Wildman–Crippen MR) is 72.1 cm³/mol. The lowest BCUT2D eigenvalue weighted by Gasteiger charge is -2.29. The minimum atomic E-state index is -0.0751. The molecule has 4 heteroatoms. The maximum Gasteiger partial charge on any atom is 0.224 e. The van der Waals surface area contributed by atoms with Crippen LogP contribution in [0.1, 0.15) is 52.4 Å². The van der Waals surface area contributed by atoms with E-state index in [1.165, 1.54) is 12.8 Å². The number of carbonyl (C=O) groups is 1. The molecule has 2 unspecified atom stereocenters. The SMILES string of the molecule is CCC1(C)CC1C(=O)NC1(CN)CCCC1.Cl. The monoisotopic (exact) mass is 260 g/mol. The highest BCUT2D eigenvalue weighted by atomic mass is 35.5. The average Bonchev–Trinajstić information content (AvgIpc) is 2.76. The van der Waals surface area contributed by atoms with Gasteiger partial charge in [0.05, 0.1) is 5.54 Å². The summed E-state index contributed by atoms with van der Waals surface area (Å²) in [5.74, 6) is 0.484. The van der Waals surface area contributed by atoms with Crippen molar-refractivity contribution in [2.75, 3.05) is 6.54 Å². The minimum absolute atomic E-state index is 0. The normalized spacial score (nSPS) is 33.9. The van der Waals surface area contributed by atoms with E-state index < -0.39 is 0 Å². The summed E-state index contributed by atoms with van der Waals surface area (Å²) in [4.78, 5) is 12.1. The summed E-state index contributed by atoms with van der Waals surface area (Å²) in [7, 11) is 0. The van der Waals surface area contributed by atoms with Gasteiger partial charge >= 0.3 is 0 Å². The Morgan fingerprint density at radius 3 is 2.41 bits per heavy atom. The van der Waals surface area contributed by atoms with Crippen LogP contribution in [0.25, 0.3) is 0 Å². The molecule has 1 amide bonds. The fraction of sp³-hybridized carbons (Fsp3) is 0.923. The lowest BCUT2D eigenvalue weighted by Crippen LogP contribution is -2.52. The number of nitrogens with two attached hydrogens (primary N) is 1. The molecule has 0 heterocycles. The van der Waals surface area contributed by atoms with Crippen LogP contribution in [0.5, 0.6) is 0 Å². The highest BCUT2D eigenvalue weighted by Crippen LogP contribution is 2.55. The maximum absolute atomic E-state index is 12.1. The molecule has 0 aliphatic heterocycles. The van der Waals surface area contributed by atoms with Gasteiger partial charge in [0.1, 0.15) is 0 Å². The fourth-order valence-electron chi connectivity index (χ4n) is 2.99. The molecule has 0 aromatic heterocycles. The van der Waals surface area contributed by atoms with Crippen molar-refractivity contribution in [1.29, 1.82) is 0 Å². The Bertz CT molecular complexity index is 289. The van der Waals surface area contributed by atoms with Crippen LogP contribution in [0.3, 0.4) is 0 Å². The van der Waals surface area contributed by atoms with E-state index in [1.807, 2.05) is 0 Å². The molecule has 2 saturated carbocycles. The number of hydrogen-bond acceptors (Lipinski definition) is 2. The molecule has 0 aromatic rings. The van der Waals surface area contributed by atoms with E-state index in [0.29, 0.717) is 6.54 Å². The first-order chi connectivity index (χ1) is 7.55. The van der Waals surface area contributed by atoms with E-state index in [-0.39, 0.29) is 35.2 Å². The second kappa shape index (κ2) is 5.15. The van der Waals surface area contributed by atoms with Gasteiger partial charge in [-0.25, -0.2) is 0 Å². The molecule has 17 heavy (non-hydrogen) atoms. The van der Waals surface area contributed by atoms with Crippen molar-refractivity contribution in [3.05, 3.63) is 0 Å². The van der Waals surface area contributed by atoms with Crippen molar-refractivity contribution in [2.24, 2.45) is 17.1 Å². The third-order valence-electron chi connectivity index (χ3n) is 4.82. The van der Waals surface area contributed by atoms with Crippen LogP contribution in [-0.2, 0) is 4.79 Å². The van der Waals surface area contributed by atoms with E-state index in [0.717, 1.165) is 25.7 Å². The zero-order valence-corrected chi connectivity index (χ0v) is 11.7. The molecule has 0 aromatic carbocycles. The molecular weight excluding hydrogens is 236 g/mol. The molecule has 2 rings (SSSR count). The summed E-state index contributed by atoms with van der Waals surface area (Å²) < 4.78 is 0. The van der Waals surface area contributed by atoms with Crippen LogP contribution in [0, 0.1) is 11.3 Å². The highest BCUT2D eigenvalue weighted by molar-refractivity contribution is 5.85. The topological polar surface area (TPSA) is 55.1 Å². The molecule has 0 radical (unpaired) electrons. The van der Waals surface area contributed by atoms with Gasteiger partial charge in [-0.3, -0.25) is 4.79 Å². The van der Waals surface area contributed by atoms with E-state index >= 15 is 0 Å². The Morgan fingerprint density at radius 1 is 1.41 bits per heavy atom. The van der Waals surface area contributed by atoms with Crippen molar-refractivity contribution in [3.63, 3.8) is 0 Å². The minimum Gasteiger partial charge on any atom is -0.349 e. The largest absolute Gasteiger partial charge is 0.349 e. The molecule has 2 fully saturated rings. The fourth-order valence-corrected chi connectivity index (χ4v) is 2.99. The number of rotatable bonds is 4. The lowest BCUT2D eigenvalue weighted by atomic mass is 9.96. The van der Waals surface area contributed by atoms with Gasteiger partial charge in [0.2, 0.25) is 5.91 Å². The Balaban J connectivity index is 0.00000144. The van der Waals surface area contributed by atoms with Crippen molar-refractivity contribution in [1.82, 2.24) is 5.32 Å². The van der Waals surface area contributed by atoms with E-state index in [4.69, 9.17) is 5.73 Å². The van der Waals surface area contributed by atoms with Crippen LogP contribution >= 0.6 is 12.4 Å². The number of amides is 1. The Labute approximate surface area is 110 Å². The molecule has 0 bridgehead atoms. The van der Waals surface area contributed by atoms with Crippen molar-refractivity contribution in [2.45, 2.75) is 57.9 Å². The predicted octanol–water partition coefficient (Wildman–Crippen LogP) is 2.23.